The van der Waals surface area contributed by atoms with Crippen LogP contribution >= 0.6 is 11.3 Å². The van der Waals surface area contributed by atoms with E-state index in [1.807, 2.05) is 6.92 Å². The summed E-state index contributed by atoms with van der Waals surface area (Å²) in [6, 6.07) is -0.436. The molecule has 1 unspecified atom stereocenters. The Morgan fingerprint density at radius 3 is 2.78 bits per heavy atom. The smallest absolute Gasteiger partial charge is 0.315 e. The van der Waals surface area contributed by atoms with Gasteiger partial charge in [-0.15, -0.1) is 11.3 Å². The van der Waals surface area contributed by atoms with Crippen LogP contribution in [0.1, 0.15) is 30.2 Å². The number of nitrogens with zero attached hydrogens (tertiary/aromatic N) is 1. The number of nitrogens with one attached hydrogen (secondary N) is 2. The molecule has 0 spiro atoms. The molecule has 5 nitrogen and oxygen atoms in total. The molecule has 102 valence electrons. The third kappa shape index (κ3) is 5.46. The zero-order chi connectivity index (χ0) is 13.5. The lowest BCUT2D eigenvalue weighted by Gasteiger charge is -2.18. The summed E-state index contributed by atoms with van der Waals surface area (Å²) in [5.41, 5.74) is 0. The van der Waals surface area contributed by atoms with Crippen LogP contribution in [-0.4, -0.2) is 28.8 Å². The molecular formula is C12H21N3O2S. The van der Waals surface area contributed by atoms with Crippen LogP contribution in [0, 0.1) is 12.8 Å². The van der Waals surface area contributed by atoms with Crippen LogP contribution in [0.2, 0.25) is 0 Å². The van der Waals surface area contributed by atoms with Gasteiger partial charge in [0.05, 0.1) is 24.2 Å². The highest BCUT2D eigenvalue weighted by Crippen LogP contribution is 2.10. The first-order valence-electron chi connectivity index (χ1n) is 6.07. The molecule has 1 rings (SSSR count). The average Bonchev–Trinajstić information content (AvgIpc) is 2.71. The second-order valence-electron chi connectivity index (χ2n) is 4.68. The van der Waals surface area contributed by atoms with Gasteiger partial charge < -0.3 is 15.7 Å². The molecule has 6 heteroatoms. The lowest BCUT2D eigenvalue weighted by atomic mass is 10.0. The van der Waals surface area contributed by atoms with E-state index in [4.69, 9.17) is 5.11 Å². The summed E-state index contributed by atoms with van der Waals surface area (Å²) in [7, 11) is 0. The van der Waals surface area contributed by atoms with E-state index in [1.54, 1.807) is 17.5 Å². The molecule has 1 atom stereocenters. The fraction of sp³-hybridized carbons (Fsp3) is 0.667. The molecule has 3 N–H and O–H groups in total. The molecule has 0 aliphatic heterocycles. The van der Waals surface area contributed by atoms with Gasteiger partial charge in [-0.1, -0.05) is 13.8 Å². The SMILES string of the molecule is Cc1ncc(CNC(=O)NC(CO)CC(C)C)s1. The highest BCUT2D eigenvalue weighted by atomic mass is 32.1. The molecular weight excluding hydrogens is 250 g/mol. The predicted octanol–water partition coefficient (Wildman–Crippen LogP) is 1.66. The van der Waals surface area contributed by atoms with Crippen molar-refractivity contribution in [3.8, 4) is 0 Å². The molecule has 0 aliphatic carbocycles. The fourth-order valence-corrected chi connectivity index (χ4v) is 2.37. The Hall–Kier alpha value is -1.14. The molecule has 0 fully saturated rings. The summed E-state index contributed by atoms with van der Waals surface area (Å²) in [5.74, 6) is 0.437. The quantitative estimate of drug-likeness (QED) is 0.736. The van der Waals surface area contributed by atoms with Crippen LogP contribution in [0.5, 0.6) is 0 Å². The number of thiazole rings is 1. The van der Waals surface area contributed by atoms with Gasteiger partial charge in [-0.3, -0.25) is 0 Å². The lowest BCUT2D eigenvalue weighted by molar-refractivity contribution is 0.207. The Bertz CT molecular complexity index is 379. The first-order valence-corrected chi connectivity index (χ1v) is 6.89. The number of aliphatic hydroxyl groups excluding tert-OH is 1. The van der Waals surface area contributed by atoms with Crippen LogP contribution in [-0.2, 0) is 6.54 Å². The summed E-state index contributed by atoms with van der Waals surface area (Å²) in [6.45, 7) is 6.48. The van der Waals surface area contributed by atoms with E-state index in [1.165, 1.54) is 0 Å². The van der Waals surface area contributed by atoms with Gasteiger partial charge in [-0.2, -0.15) is 0 Å². The molecule has 0 aromatic carbocycles. The Balaban J connectivity index is 2.32. The van der Waals surface area contributed by atoms with E-state index >= 15 is 0 Å². The van der Waals surface area contributed by atoms with E-state index in [9.17, 15) is 4.79 Å². The largest absolute Gasteiger partial charge is 0.394 e. The number of aliphatic hydroxyl groups is 1. The molecule has 2 amide bonds. The number of carbonyl (C=O) groups excluding carboxylic acids is 1. The zero-order valence-electron chi connectivity index (χ0n) is 11.1. The molecule has 0 aliphatic rings. The Labute approximate surface area is 112 Å². The summed E-state index contributed by atoms with van der Waals surface area (Å²) in [4.78, 5) is 16.8. The minimum atomic E-state index is -0.249. The maximum Gasteiger partial charge on any atom is 0.315 e. The number of carbonyl (C=O) groups is 1. The fourth-order valence-electron chi connectivity index (χ4n) is 1.64. The number of rotatable bonds is 6. The Morgan fingerprint density at radius 2 is 2.28 bits per heavy atom. The van der Waals surface area contributed by atoms with E-state index in [2.05, 4.69) is 29.5 Å². The van der Waals surface area contributed by atoms with Crippen LogP contribution in [0.15, 0.2) is 6.20 Å². The van der Waals surface area contributed by atoms with Gasteiger partial charge >= 0.3 is 6.03 Å². The average molecular weight is 271 g/mol. The first kappa shape index (κ1) is 14.9. The van der Waals surface area contributed by atoms with Crippen molar-refractivity contribution in [2.24, 2.45) is 5.92 Å². The predicted molar refractivity (Wildman–Crippen MR) is 72.6 cm³/mol. The number of amides is 2. The molecule has 0 saturated heterocycles. The van der Waals surface area contributed by atoms with Gasteiger partial charge in [0.1, 0.15) is 0 Å². The highest BCUT2D eigenvalue weighted by molar-refractivity contribution is 7.11. The minimum Gasteiger partial charge on any atom is -0.394 e. The number of aryl methyl sites for hydroxylation is 1. The minimum absolute atomic E-state index is 0.0364. The number of hydrogen-bond donors (Lipinski definition) is 3. The normalized spacial score (nSPS) is 12.5. The third-order valence-corrected chi connectivity index (χ3v) is 3.32. The van der Waals surface area contributed by atoms with Crippen LogP contribution in [0.4, 0.5) is 4.79 Å². The van der Waals surface area contributed by atoms with Gasteiger partial charge in [-0.25, -0.2) is 9.78 Å². The molecule has 1 aromatic rings. The third-order valence-electron chi connectivity index (χ3n) is 2.40. The number of aromatic nitrogens is 1. The van der Waals surface area contributed by atoms with Crippen LogP contribution in [0.25, 0.3) is 0 Å². The van der Waals surface area contributed by atoms with E-state index in [0.717, 1.165) is 16.3 Å². The Morgan fingerprint density at radius 1 is 1.56 bits per heavy atom. The van der Waals surface area contributed by atoms with Crippen LogP contribution < -0.4 is 10.6 Å². The van der Waals surface area contributed by atoms with Gasteiger partial charge in [0.15, 0.2) is 0 Å². The molecule has 1 heterocycles. The van der Waals surface area contributed by atoms with Gasteiger partial charge in [-0.05, 0) is 19.3 Å². The highest BCUT2D eigenvalue weighted by Gasteiger charge is 2.12. The van der Waals surface area contributed by atoms with Crippen molar-refractivity contribution in [3.05, 3.63) is 16.1 Å². The topological polar surface area (TPSA) is 74.2 Å². The second kappa shape index (κ2) is 7.33. The van der Waals surface area contributed by atoms with Gasteiger partial charge in [0, 0.05) is 11.1 Å². The maximum atomic E-state index is 11.6. The molecule has 1 aromatic heterocycles. The first-order chi connectivity index (χ1) is 8.51. The maximum absolute atomic E-state index is 11.6. The molecule has 0 bridgehead atoms. The van der Waals surface area contributed by atoms with Gasteiger partial charge in [0.25, 0.3) is 0 Å². The summed E-state index contributed by atoms with van der Waals surface area (Å²) in [6.07, 6.45) is 2.53. The van der Waals surface area contributed by atoms with Crippen molar-refractivity contribution in [1.29, 1.82) is 0 Å². The van der Waals surface area contributed by atoms with Crippen molar-refractivity contribution < 1.29 is 9.90 Å². The number of hydrogen-bond acceptors (Lipinski definition) is 4. The summed E-state index contributed by atoms with van der Waals surface area (Å²) >= 11 is 1.56. The number of urea groups is 1. The van der Waals surface area contributed by atoms with Crippen molar-refractivity contribution in [1.82, 2.24) is 15.6 Å². The lowest BCUT2D eigenvalue weighted by Crippen LogP contribution is -2.44. The van der Waals surface area contributed by atoms with Crippen molar-refractivity contribution in [3.63, 3.8) is 0 Å². The van der Waals surface area contributed by atoms with E-state index in [-0.39, 0.29) is 18.7 Å². The van der Waals surface area contributed by atoms with Gasteiger partial charge in [0.2, 0.25) is 0 Å². The Kier molecular flexibility index (Phi) is 6.07. The molecule has 0 saturated carbocycles. The molecule has 18 heavy (non-hydrogen) atoms. The van der Waals surface area contributed by atoms with E-state index < -0.39 is 0 Å². The zero-order valence-corrected chi connectivity index (χ0v) is 11.9. The van der Waals surface area contributed by atoms with E-state index in [0.29, 0.717) is 12.5 Å². The van der Waals surface area contributed by atoms with Crippen molar-refractivity contribution in [2.75, 3.05) is 6.61 Å². The summed E-state index contributed by atoms with van der Waals surface area (Å²) in [5, 5.41) is 15.7. The second-order valence-corrected chi connectivity index (χ2v) is 6.00. The monoisotopic (exact) mass is 271 g/mol. The van der Waals surface area contributed by atoms with Crippen molar-refractivity contribution in [2.45, 2.75) is 39.8 Å². The molecule has 0 radical (unpaired) electrons. The standard InChI is InChI=1S/C12H21N3O2S/c1-8(2)4-10(7-16)15-12(17)14-6-11-5-13-9(3)18-11/h5,8,10,16H,4,6-7H2,1-3H3,(H2,14,15,17). The summed E-state index contributed by atoms with van der Waals surface area (Å²) < 4.78 is 0. The van der Waals surface area contributed by atoms with Crippen molar-refractivity contribution >= 4 is 17.4 Å². The van der Waals surface area contributed by atoms with Crippen LogP contribution in [0.3, 0.4) is 0 Å².